The summed E-state index contributed by atoms with van der Waals surface area (Å²) in [6.45, 7) is 3.77. The Kier molecular flexibility index (Phi) is 3.72. The SMILES string of the molecule is CC1COC(COCc2ccccc2)O1. The van der Waals surface area contributed by atoms with Crippen LogP contribution in [0, 0.1) is 0 Å². The maximum Gasteiger partial charge on any atom is 0.181 e. The molecule has 3 nitrogen and oxygen atoms in total. The predicted molar refractivity (Wildman–Crippen MR) is 56.4 cm³/mol. The molecular weight excluding hydrogens is 192 g/mol. The lowest BCUT2D eigenvalue weighted by molar-refractivity contribution is -0.106. The third-order valence-corrected chi connectivity index (χ3v) is 2.27. The third-order valence-electron chi connectivity index (χ3n) is 2.27. The normalized spacial score (nSPS) is 25.7. The Labute approximate surface area is 90.0 Å². The molecule has 0 N–H and O–H groups in total. The molecule has 0 aliphatic carbocycles. The molecule has 0 saturated carbocycles. The molecule has 82 valence electrons. The molecule has 0 bridgehead atoms. The van der Waals surface area contributed by atoms with Crippen LogP contribution in [0.4, 0.5) is 0 Å². The standard InChI is InChI=1S/C12H16O3/c1-10-7-14-12(15-10)9-13-8-11-5-3-2-4-6-11/h2-6,10,12H,7-9H2,1H3. The highest BCUT2D eigenvalue weighted by atomic mass is 16.7. The highest BCUT2D eigenvalue weighted by molar-refractivity contribution is 5.13. The van der Waals surface area contributed by atoms with Crippen molar-refractivity contribution in [1.29, 1.82) is 0 Å². The Morgan fingerprint density at radius 2 is 2.13 bits per heavy atom. The van der Waals surface area contributed by atoms with Crippen molar-refractivity contribution in [3.63, 3.8) is 0 Å². The zero-order chi connectivity index (χ0) is 10.5. The Bertz CT molecular complexity index is 286. The van der Waals surface area contributed by atoms with Gasteiger partial charge in [-0.25, -0.2) is 0 Å². The molecule has 1 aliphatic heterocycles. The summed E-state index contributed by atoms with van der Waals surface area (Å²) in [6.07, 6.45) is -0.000891. The van der Waals surface area contributed by atoms with Gasteiger partial charge in [0.05, 0.1) is 25.9 Å². The quantitative estimate of drug-likeness (QED) is 0.757. The molecule has 1 fully saturated rings. The van der Waals surface area contributed by atoms with Crippen LogP contribution in [0.3, 0.4) is 0 Å². The molecular formula is C12H16O3. The van der Waals surface area contributed by atoms with Crippen LogP contribution in [0.2, 0.25) is 0 Å². The van der Waals surface area contributed by atoms with Crippen molar-refractivity contribution in [3.8, 4) is 0 Å². The summed E-state index contributed by atoms with van der Waals surface area (Å²) < 4.78 is 16.3. The minimum atomic E-state index is -0.191. The molecule has 0 aromatic heterocycles. The Morgan fingerprint density at radius 3 is 2.80 bits per heavy atom. The average molecular weight is 208 g/mol. The van der Waals surface area contributed by atoms with Gasteiger partial charge in [0.15, 0.2) is 6.29 Å². The van der Waals surface area contributed by atoms with Gasteiger partial charge >= 0.3 is 0 Å². The van der Waals surface area contributed by atoms with Crippen LogP contribution in [0.5, 0.6) is 0 Å². The van der Waals surface area contributed by atoms with Gasteiger partial charge in [0.25, 0.3) is 0 Å². The van der Waals surface area contributed by atoms with E-state index in [0.29, 0.717) is 19.8 Å². The number of benzene rings is 1. The molecule has 3 heteroatoms. The van der Waals surface area contributed by atoms with Crippen molar-refractivity contribution in [2.24, 2.45) is 0 Å². The predicted octanol–water partition coefficient (Wildman–Crippen LogP) is 1.96. The molecule has 2 unspecified atom stereocenters. The summed E-state index contributed by atoms with van der Waals surface area (Å²) >= 11 is 0. The van der Waals surface area contributed by atoms with E-state index in [0.717, 1.165) is 0 Å². The summed E-state index contributed by atoms with van der Waals surface area (Å²) in [7, 11) is 0. The second-order valence-electron chi connectivity index (χ2n) is 3.71. The van der Waals surface area contributed by atoms with E-state index >= 15 is 0 Å². The van der Waals surface area contributed by atoms with E-state index in [1.54, 1.807) is 0 Å². The number of ether oxygens (including phenoxy) is 3. The van der Waals surface area contributed by atoms with Crippen LogP contribution < -0.4 is 0 Å². The Morgan fingerprint density at radius 1 is 1.33 bits per heavy atom. The molecule has 2 atom stereocenters. The molecule has 2 rings (SSSR count). The van der Waals surface area contributed by atoms with E-state index in [-0.39, 0.29) is 12.4 Å². The maximum atomic E-state index is 5.50. The van der Waals surface area contributed by atoms with Gasteiger partial charge in [-0.3, -0.25) is 0 Å². The van der Waals surface area contributed by atoms with E-state index in [9.17, 15) is 0 Å². The first-order valence-corrected chi connectivity index (χ1v) is 5.23. The largest absolute Gasteiger partial charge is 0.371 e. The smallest absolute Gasteiger partial charge is 0.181 e. The Balaban J connectivity index is 1.67. The van der Waals surface area contributed by atoms with Gasteiger partial charge in [-0.15, -0.1) is 0 Å². The number of hydrogen-bond acceptors (Lipinski definition) is 3. The van der Waals surface area contributed by atoms with Crippen molar-refractivity contribution in [1.82, 2.24) is 0 Å². The lowest BCUT2D eigenvalue weighted by Crippen LogP contribution is -2.17. The summed E-state index contributed by atoms with van der Waals surface area (Å²) in [6, 6.07) is 10.1. The van der Waals surface area contributed by atoms with Crippen molar-refractivity contribution in [2.75, 3.05) is 13.2 Å². The minimum Gasteiger partial charge on any atom is -0.371 e. The van der Waals surface area contributed by atoms with Crippen molar-refractivity contribution >= 4 is 0 Å². The van der Waals surface area contributed by atoms with Gasteiger partial charge in [0.1, 0.15) is 0 Å². The molecule has 0 radical (unpaired) electrons. The summed E-state index contributed by atoms with van der Waals surface area (Å²) in [5.74, 6) is 0. The molecule has 1 aromatic carbocycles. The molecule has 0 amide bonds. The maximum absolute atomic E-state index is 5.50. The highest BCUT2D eigenvalue weighted by Crippen LogP contribution is 2.11. The van der Waals surface area contributed by atoms with Crippen LogP contribution in [-0.2, 0) is 20.8 Å². The molecule has 15 heavy (non-hydrogen) atoms. The van der Waals surface area contributed by atoms with Crippen LogP contribution >= 0.6 is 0 Å². The Hall–Kier alpha value is -0.900. The van der Waals surface area contributed by atoms with Crippen molar-refractivity contribution in [3.05, 3.63) is 35.9 Å². The van der Waals surface area contributed by atoms with Crippen molar-refractivity contribution < 1.29 is 14.2 Å². The number of rotatable bonds is 4. The van der Waals surface area contributed by atoms with Crippen LogP contribution in [0.15, 0.2) is 30.3 Å². The molecule has 1 aliphatic rings. The molecule has 1 aromatic rings. The van der Waals surface area contributed by atoms with E-state index in [1.165, 1.54) is 5.56 Å². The van der Waals surface area contributed by atoms with E-state index in [2.05, 4.69) is 0 Å². The first kappa shape index (κ1) is 10.6. The fourth-order valence-corrected chi connectivity index (χ4v) is 1.52. The van der Waals surface area contributed by atoms with E-state index in [4.69, 9.17) is 14.2 Å². The summed E-state index contributed by atoms with van der Waals surface area (Å²) in [5, 5.41) is 0. The average Bonchev–Trinajstić information content (AvgIpc) is 2.66. The van der Waals surface area contributed by atoms with Gasteiger partial charge in [-0.1, -0.05) is 30.3 Å². The van der Waals surface area contributed by atoms with Crippen molar-refractivity contribution in [2.45, 2.75) is 25.9 Å². The second-order valence-corrected chi connectivity index (χ2v) is 3.71. The minimum absolute atomic E-state index is 0.190. The van der Waals surface area contributed by atoms with E-state index in [1.807, 2.05) is 37.3 Å². The fourth-order valence-electron chi connectivity index (χ4n) is 1.52. The van der Waals surface area contributed by atoms with Gasteiger partial charge in [-0.2, -0.15) is 0 Å². The first-order valence-electron chi connectivity index (χ1n) is 5.23. The van der Waals surface area contributed by atoms with Crippen LogP contribution in [0.25, 0.3) is 0 Å². The molecule has 0 spiro atoms. The molecule has 1 heterocycles. The van der Waals surface area contributed by atoms with Gasteiger partial charge in [0, 0.05) is 0 Å². The third kappa shape index (κ3) is 3.30. The topological polar surface area (TPSA) is 27.7 Å². The van der Waals surface area contributed by atoms with Crippen LogP contribution in [-0.4, -0.2) is 25.6 Å². The second kappa shape index (κ2) is 5.26. The van der Waals surface area contributed by atoms with Gasteiger partial charge in [0.2, 0.25) is 0 Å². The zero-order valence-corrected chi connectivity index (χ0v) is 8.89. The summed E-state index contributed by atoms with van der Waals surface area (Å²) in [5.41, 5.74) is 1.17. The van der Waals surface area contributed by atoms with Gasteiger partial charge < -0.3 is 14.2 Å². The van der Waals surface area contributed by atoms with Crippen LogP contribution in [0.1, 0.15) is 12.5 Å². The van der Waals surface area contributed by atoms with E-state index < -0.39 is 0 Å². The zero-order valence-electron chi connectivity index (χ0n) is 8.89. The summed E-state index contributed by atoms with van der Waals surface area (Å²) in [4.78, 5) is 0. The molecule has 1 saturated heterocycles. The van der Waals surface area contributed by atoms with Gasteiger partial charge in [-0.05, 0) is 12.5 Å². The fraction of sp³-hybridized carbons (Fsp3) is 0.500. The monoisotopic (exact) mass is 208 g/mol. The highest BCUT2D eigenvalue weighted by Gasteiger charge is 2.22. The lowest BCUT2D eigenvalue weighted by Gasteiger charge is -2.10. The first-order chi connectivity index (χ1) is 7.34. The lowest BCUT2D eigenvalue weighted by atomic mass is 10.2. The number of hydrogen-bond donors (Lipinski definition) is 0.